The average molecular weight is 452 g/mol. The number of aromatic carboxylic acids is 2. The molecule has 6 heteroatoms. The topological polar surface area (TPSA) is 109 Å². The van der Waals surface area contributed by atoms with E-state index in [-0.39, 0.29) is 22.7 Å². The predicted octanol–water partition coefficient (Wildman–Crippen LogP) is 5.23. The van der Waals surface area contributed by atoms with E-state index in [1.165, 1.54) is 48.5 Å². The van der Waals surface area contributed by atoms with Gasteiger partial charge in [0, 0.05) is 22.3 Å². The van der Waals surface area contributed by atoms with Crippen molar-refractivity contribution in [3.63, 3.8) is 0 Å². The molecular weight excluding hydrogens is 432 g/mol. The van der Waals surface area contributed by atoms with E-state index in [9.17, 15) is 19.2 Å². The molecule has 168 valence electrons. The van der Waals surface area contributed by atoms with Crippen LogP contribution >= 0.6 is 0 Å². The fraction of sp³-hybridized carbons (Fsp3) is 0. The number of benzene rings is 4. The molecule has 0 aliphatic rings. The minimum Gasteiger partial charge on any atom is -0.478 e. The maximum atomic E-state index is 12.0. The van der Waals surface area contributed by atoms with E-state index in [2.05, 4.69) is 0 Å². The van der Waals surface area contributed by atoms with Gasteiger partial charge in [-0.2, -0.15) is 0 Å². The molecule has 0 atom stereocenters. The quantitative estimate of drug-likeness (QED) is 0.388. The molecule has 0 amide bonds. The van der Waals surface area contributed by atoms with Gasteiger partial charge in [-0.3, -0.25) is 9.59 Å². The highest BCUT2D eigenvalue weighted by Gasteiger charge is 2.10. The molecule has 0 bridgehead atoms. The Morgan fingerprint density at radius 2 is 0.588 bits per heavy atom. The molecule has 0 saturated heterocycles. The van der Waals surface area contributed by atoms with Crippen molar-refractivity contribution in [3.8, 4) is 0 Å². The van der Waals surface area contributed by atoms with Crippen LogP contribution in [0.1, 0.15) is 52.6 Å². The van der Waals surface area contributed by atoms with E-state index < -0.39 is 11.9 Å². The van der Waals surface area contributed by atoms with Gasteiger partial charge in [0.2, 0.25) is 0 Å². The summed E-state index contributed by atoms with van der Waals surface area (Å²) in [7, 11) is 0. The number of carboxylic acid groups (broad SMARTS) is 2. The van der Waals surface area contributed by atoms with Crippen LogP contribution in [-0.4, -0.2) is 33.7 Å². The predicted molar refractivity (Wildman–Crippen MR) is 127 cm³/mol. The van der Waals surface area contributed by atoms with Gasteiger partial charge in [-0.1, -0.05) is 84.9 Å². The van der Waals surface area contributed by atoms with Crippen LogP contribution in [0.4, 0.5) is 0 Å². The standard InChI is InChI=1S/2C14H10O3/c2*15-13(10-4-2-1-3-5-10)11-6-8-12(9-7-11)14(16)17/h2*1-9H,(H,16,17). The minimum absolute atomic E-state index is 0.109. The second-order valence-electron chi connectivity index (χ2n) is 7.16. The zero-order valence-electron chi connectivity index (χ0n) is 17.9. The van der Waals surface area contributed by atoms with Gasteiger partial charge in [0.05, 0.1) is 11.1 Å². The van der Waals surface area contributed by atoms with Crippen LogP contribution in [-0.2, 0) is 0 Å². The summed E-state index contributed by atoms with van der Waals surface area (Å²) in [5.74, 6) is -2.21. The molecule has 0 fully saturated rings. The molecule has 0 aliphatic heterocycles. The van der Waals surface area contributed by atoms with Crippen molar-refractivity contribution in [2.75, 3.05) is 0 Å². The van der Waals surface area contributed by atoms with Gasteiger partial charge in [0.25, 0.3) is 0 Å². The van der Waals surface area contributed by atoms with Crippen LogP contribution < -0.4 is 0 Å². The Labute approximate surface area is 195 Å². The van der Waals surface area contributed by atoms with Crippen molar-refractivity contribution >= 4 is 23.5 Å². The van der Waals surface area contributed by atoms with Crippen molar-refractivity contribution in [1.29, 1.82) is 0 Å². The van der Waals surface area contributed by atoms with E-state index in [0.29, 0.717) is 22.3 Å². The Morgan fingerprint density at radius 3 is 0.853 bits per heavy atom. The first kappa shape index (κ1) is 23.8. The van der Waals surface area contributed by atoms with Gasteiger partial charge in [0.1, 0.15) is 0 Å². The summed E-state index contributed by atoms with van der Waals surface area (Å²) in [6, 6.07) is 29.6. The van der Waals surface area contributed by atoms with E-state index in [1.807, 2.05) is 12.1 Å². The monoisotopic (exact) mass is 452 g/mol. The van der Waals surface area contributed by atoms with Crippen molar-refractivity contribution in [2.45, 2.75) is 0 Å². The summed E-state index contributed by atoms with van der Waals surface area (Å²) >= 11 is 0. The molecule has 6 nitrogen and oxygen atoms in total. The number of hydrogen-bond acceptors (Lipinski definition) is 4. The lowest BCUT2D eigenvalue weighted by Crippen LogP contribution is -2.02. The van der Waals surface area contributed by atoms with Gasteiger partial charge in [-0.05, 0) is 24.3 Å². The normalized spacial score (nSPS) is 9.88. The zero-order valence-corrected chi connectivity index (χ0v) is 17.9. The molecule has 0 heterocycles. The molecule has 34 heavy (non-hydrogen) atoms. The summed E-state index contributed by atoms with van der Waals surface area (Å²) < 4.78 is 0. The number of carboxylic acids is 2. The first-order valence-corrected chi connectivity index (χ1v) is 10.2. The summed E-state index contributed by atoms with van der Waals surface area (Å²) in [6.45, 7) is 0. The maximum absolute atomic E-state index is 12.0. The van der Waals surface area contributed by atoms with Crippen LogP contribution in [0.3, 0.4) is 0 Å². The van der Waals surface area contributed by atoms with E-state index in [1.54, 1.807) is 48.5 Å². The largest absolute Gasteiger partial charge is 0.478 e. The van der Waals surface area contributed by atoms with Gasteiger partial charge >= 0.3 is 11.9 Å². The third kappa shape index (κ3) is 6.11. The van der Waals surface area contributed by atoms with Crippen LogP contribution in [0.2, 0.25) is 0 Å². The van der Waals surface area contributed by atoms with Crippen molar-refractivity contribution in [1.82, 2.24) is 0 Å². The first-order chi connectivity index (χ1) is 16.4. The lowest BCUT2D eigenvalue weighted by Gasteiger charge is -2.01. The second-order valence-corrected chi connectivity index (χ2v) is 7.16. The van der Waals surface area contributed by atoms with Gasteiger partial charge < -0.3 is 10.2 Å². The lowest BCUT2D eigenvalue weighted by atomic mass is 10.0. The van der Waals surface area contributed by atoms with Gasteiger partial charge in [-0.25, -0.2) is 9.59 Å². The number of carbonyl (C=O) groups excluding carboxylic acids is 2. The Morgan fingerprint density at radius 1 is 0.353 bits per heavy atom. The Balaban J connectivity index is 0.000000191. The molecule has 2 N–H and O–H groups in total. The van der Waals surface area contributed by atoms with Crippen molar-refractivity contribution in [2.24, 2.45) is 0 Å². The minimum atomic E-state index is -0.997. The number of hydrogen-bond donors (Lipinski definition) is 2. The molecule has 0 unspecified atom stereocenters. The van der Waals surface area contributed by atoms with Gasteiger partial charge in [0.15, 0.2) is 11.6 Å². The van der Waals surface area contributed by atoms with E-state index in [4.69, 9.17) is 10.2 Å². The van der Waals surface area contributed by atoms with Crippen LogP contribution in [0, 0.1) is 0 Å². The maximum Gasteiger partial charge on any atom is 0.335 e. The molecule has 0 radical (unpaired) electrons. The highest BCUT2D eigenvalue weighted by molar-refractivity contribution is 6.09. The Bertz CT molecular complexity index is 1190. The third-order valence-corrected chi connectivity index (χ3v) is 4.86. The van der Waals surface area contributed by atoms with Crippen LogP contribution in [0.25, 0.3) is 0 Å². The van der Waals surface area contributed by atoms with Gasteiger partial charge in [-0.15, -0.1) is 0 Å². The van der Waals surface area contributed by atoms with Crippen molar-refractivity contribution < 1.29 is 29.4 Å². The van der Waals surface area contributed by atoms with E-state index >= 15 is 0 Å². The van der Waals surface area contributed by atoms with Crippen LogP contribution in [0.15, 0.2) is 109 Å². The Hall–Kier alpha value is -4.84. The second kappa shape index (κ2) is 11.2. The molecule has 0 spiro atoms. The van der Waals surface area contributed by atoms with Crippen LogP contribution in [0.5, 0.6) is 0 Å². The highest BCUT2D eigenvalue weighted by atomic mass is 16.4. The zero-order chi connectivity index (χ0) is 24.5. The number of rotatable bonds is 6. The lowest BCUT2D eigenvalue weighted by molar-refractivity contribution is 0.0686. The molecular formula is C28H20O6. The SMILES string of the molecule is O=C(O)c1ccc(C(=O)c2ccccc2)cc1.O=C(O)c1ccc(C(=O)c2ccccc2)cc1. The summed E-state index contributed by atoms with van der Waals surface area (Å²) in [4.78, 5) is 45.3. The summed E-state index contributed by atoms with van der Waals surface area (Å²) in [5, 5.41) is 17.5. The number of ketones is 2. The molecule has 0 saturated carbocycles. The fourth-order valence-corrected chi connectivity index (χ4v) is 3.04. The molecule has 4 rings (SSSR count). The van der Waals surface area contributed by atoms with Crippen molar-refractivity contribution in [3.05, 3.63) is 143 Å². The first-order valence-electron chi connectivity index (χ1n) is 10.2. The highest BCUT2D eigenvalue weighted by Crippen LogP contribution is 2.12. The average Bonchev–Trinajstić information content (AvgIpc) is 2.89. The molecule has 4 aromatic carbocycles. The number of carbonyl (C=O) groups is 4. The smallest absolute Gasteiger partial charge is 0.335 e. The van der Waals surface area contributed by atoms with E-state index in [0.717, 1.165) is 0 Å². The molecule has 0 aromatic heterocycles. The third-order valence-electron chi connectivity index (χ3n) is 4.86. The Kier molecular flexibility index (Phi) is 7.81. The molecule has 4 aromatic rings. The summed E-state index contributed by atoms with van der Waals surface area (Å²) in [5.41, 5.74) is 2.51. The summed E-state index contributed by atoms with van der Waals surface area (Å²) in [6.07, 6.45) is 0. The fourth-order valence-electron chi connectivity index (χ4n) is 3.04. The molecule has 0 aliphatic carbocycles.